The highest BCUT2D eigenvalue weighted by Gasteiger charge is 2.39. The Balaban J connectivity index is 1.69. The minimum absolute atomic E-state index is 0.104. The second-order valence-electron chi connectivity index (χ2n) is 9.01. The highest BCUT2D eigenvalue weighted by atomic mass is 35.5. The number of rotatable bonds is 7. The van der Waals surface area contributed by atoms with Crippen molar-refractivity contribution in [2.45, 2.75) is 31.1 Å². The number of alkyl halides is 3. The van der Waals surface area contributed by atoms with Gasteiger partial charge in [-0.15, -0.1) is 0 Å². The Morgan fingerprint density at radius 1 is 0.919 bits per heavy atom. The zero-order chi connectivity index (χ0) is 26.0. The topological polar surface area (TPSA) is 34.1 Å². The monoisotopic (exact) mass is 526 g/mol. The first kappa shape index (κ1) is 25.2. The summed E-state index contributed by atoms with van der Waals surface area (Å²) in [5.74, 6) is -0.218. The second kappa shape index (κ2) is 10.1. The van der Waals surface area contributed by atoms with Crippen molar-refractivity contribution in [1.29, 1.82) is 0 Å². The number of fused-ring (bicyclic) bond motifs is 1. The summed E-state index contributed by atoms with van der Waals surface area (Å²) >= 11 is 6.11. The summed E-state index contributed by atoms with van der Waals surface area (Å²) in [4.78, 5) is 4.50. The number of nitrogens with one attached hydrogen (secondary N) is 1. The van der Waals surface area contributed by atoms with Gasteiger partial charge in [0.05, 0.1) is 28.4 Å². The van der Waals surface area contributed by atoms with Gasteiger partial charge >= 0.3 is 6.18 Å². The van der Waals surface area contributed by atoms with Gasteiger partial charge in [0, 0.05) is 31.1 Å². The zero-order valence-corrected chi connectivity index (χ0v) is 20.4. The fourth-order valence-corrected chi connectivity index (χ4v) is 4.91. The molecule has 0 radical (unpaired) electrons. The van der Waals surface area contributed by atoms with E-state index in [1.807, 2.05) is 48.5 Å². The molecule has 1 aliphatic rings. The van der Waals surface area contributed by atoms with Gasteiger partial charge in [0.25, 0.3) is 0 Å². The molecule has 0 bridgehead atoms. The number of benzene rings is 3. The van der Waals surface area contributed by atoms with Crippen LogP contribution in [0.1, 0.15) is 33.5 Å². The smallest absolute Gasteiger partial charge is 0.416 e. The lowest BCUT2D eigenvalue weighted by molar-refractivity contribution is -0.137. The van der Waals surface area contributed by atoms with E-state index in [1.54, 1.807) is 12.1 Å². The van der Waals surface area contributed by atoms with E-state index >= 15 is 0 Å². The van der Waals surface area contributed by atoms with E-state index in [2.05, 4.69) is 10.3 Å². The Hall–Kier alpha value is -3.42. The molecule has 190 valence electrons. The molecule has 5 rings (SSSR count). The number of nitrogens with zero attached hydrogens (tertiary/aromatic N) is 1. The summed E-state index contributed by atoms with van der Waals surface area (Å²) in [5.41, 5.74) is 0.880. The fraction of sp³-hybridized carbons (Fsp3) is 0.207. The van der Waals surface area contributed by atoms with E-state index < -0.39 is 23.1 Å². The summed E-state index contributed by atoms with van der Waals surface area (Å²) in [6.45, 7) is 0.817. The van der Waals surface area contributed by atoms with Crippen molar-refractivity contribution >= 4 is 11.6 Å². The standard InChI is InChI=1S/C29H23ClF4N2O/c30-24-9-10-26(35-18-24)28(16-19-5-2-1-3-6-19,22-13-23(29(32,33)34)15-25(31)14-22)36-17-21-8-4-7-20-11-12-37-27(20)21/h1-10,13-15,18,36H,11-12,16-17H2. The van der Waals surface area contributed by atoms with Gasteiger partial charge in [-0.25, -0.2) is 4.39 Å². The zero-order valence-electron chi connectivity index (χ0n) is 19.7. The molecule has 1 aromatic heterocycles. The molecule has 0 amide bonds. The Kier molecular flexibility index (Phi) is 6.92. The molecular formula is C29H23ClF4N2O. The van der Waals surface area contributed by atoms with Crippen molar-refractivity contribution in [1.82, 2.24) is 10.3 Å². The van der Waals surface area contributed by atoms with Crippen molar-refractivity contribution in [3.63, 3.8) is 0 Å². The van der Waals surface area contributed by atoms with Gasteiger partial charge in [0.2, 0.25) is 0 Å². The molecule has 4 aromatic rings. The highest BCUT2D eigenvalue weighted by molar-refractivity contribution is 6.30. The van der Waals surface area contributed by atoms with E-state index in [4.69, 9.17) is 16.3 Å². The van der Waals surface area contributed by atoms with Gasteiger partial charge in [0.15, 0.2) is 0 Å². The molecule has 1 unspecified atom stereocenters. The maximum atomic E-state index is 14.8. The Bertz CT molecular complexity index is 1390. The quantitative estimate of drug-likeness (QED) is 0.261. The van der Waals surface area contributed by atoms with Crippen LogP contribution < -0.4 is 10.1 Å². The van der Waals surface area contributed by atoms with Crippen LogP contribution in [0.2, 0.25) is 5.02 Å². The molecule has 0 saturated heterocycles. The molecule has 3 nitrogen and oxygen atoms in total. The maximum Gasteiger partial charge on any atom is 0.416 e. The Morgan fingerprint density at radius 3 is 2.43 bits per heavy atom. The molecule has 3 aromatic carbocycles. The minimum Gasteiger partial charge on any atom is -0.493 e. The molecule has 0 saturated carbocycles. The SMILES string of the molecule is Fc1cc(C(F)(F)F)cc(C(Cc2ccccc2)(NCc2cccc3c2OCC3)c2ccc(Cl)cn2)c1. The Morgan fingerprint density at radius 2 is 1.70 bits per heavy atom. The predicted molar refractivity (Wildman–Crippen MR) is 134 cm³/mol. The van der Waals surface area contributed by atoms with Crippen molar-refractivity contribution in [3.8, 4) is 5.75 Å². The van der Waals surface area contributed by atoms with Gasteiger partial charge in [-0.3, -0.25) is 10.3 Å². The fourth-order valence-electron chi connectivity index (χ4n) is 4.79. The number of hydrogen-bond acceptors (Lipinski definition) is 3. The Labute approximate surface area is 217 Å². The van der Waals surface area contributed by atoms with Gasteiger partial charge in [0.1, 0.15) is 11.6 Å². The molecule has 1 N–H and O–H groups in total. The molecule has 0 fully saturated rings. The summed E-state index contributed by atoms with van der Waals surface area (Å²) in [6, 6.07) is 21.0. The average Bonchev–Trinajstić information content (AvgIpc) is 3.36. The van der Waals surface area contributed by atoms with Crippen molar-refractivity contribution < 1.29 is 22.3 Å². The van der Waals surface area contributed by atoms with Crippen molar-refractivity contribution in [2.75, 3.05) is 6.61 Å². The first-order chi connectivity index (χ1) is 17.7. The molecule has 0 spiro atoms. The van der Waals surface area contributed by atoms with Crippen LogP contribution in [-0.4, -0.2) is 11.6 Å². The molecule has 2 heterocycles. The lowest BCUT2D eigenvalue weighted by Gasteiger charge is -2.36. The van der Waals surface area contributed by atoms with Crippen LogP contribution in [0.3, 0.4) is 0 Å². The lowest BCUT2D eigenvalue weighted by atomic mass is 9.79. The molecular weight excluding hydrogens is 504 g/mol. The molecule has 1 atom stereocenters. The summed E-state index contributed by atoms with van der Waals surface area (Å²) in [6.07, 6.45) is -2.29. The van der Waals surface area contributed by atoms with E-state index in [-0.39, 0.29) is 18.5 Å². The third-order valence-electron chi connectivity index (χ3n) is 6.57. The van der Waals surface area contributed by atoms with E-state index in [0.717, 1.165) is 41.0 Å². The van der Waals surface area contributed by atoms with Gasteiger partial charge in [-0.05, 0) is 47.0 Å². The largest absolute Gasteiger partial charge is 0.493 e. The van der Waals surface area contributed by atoms with Crippen molar-refractivity contribution in [2.24, 2.45) is 0 Å². The lowest BCUT2D eigenvalue weighted by Crippen LogP contribution is -2.46. The number of ether oxygens (including phenoxy) is 1. The summed E-state index contributed by atoms with van der Waals surface area (Å²) in [7, 11) is 0. The summed E-state index contributed by atoms with van der Waals surface area (Å²) < 4.78 is 61.9. The van der Waals surface area contributed by atoms with Gasteiger partial charge < -0.3 is 4.74 Å². The van der Waals surface area contributed by atoms with Crippen LogP contribution in [-0.2, 0) is 31.1 Å². The van der Waals surface area contributed by atoms with Crippen LogP contribution in [0.4, 0.5) is 17.6 Å². The van der Waals surface area contributed by atoms with Crippen LogP contribution in [0.5, 0.6) is 5.75 Å². The molecule has 37 heavy (non-hydrogen) atoms. The third-order valence-corrected chi connectivity index (χ3v) is 6.79. The number of pyridine rings is 1. The number of halogens is 5. The van der Waals surface area contributed by atoms with E-state index in [0.29, 0.717) is 23.4 Å². The normalized spacial score (nSPS) is 14.6. The highest BCUT2D eigenvalue weighted by Crippen LogP contribution is 2.39. The number of para-hydroxylation sites is 1. The first-order valence-corrected chi connectivity index (χ1v) is 12.2. The summed E-state index contributed by atoms with van der Waals surface area (Å²) in [5, 5.41) is 3.84. The molecule has 1 aliphatic heterocycles. The number of aromatic nitrogens is 1. The minimum atomic E-state index is -4.73. The van der Waals surface area contributed by atoms with Gasteiger partial charge in [-0.2, -0.15) is 13.2 Å². The van der Waals surface area contributed by atoms with Crippen LogP contribution in [0.15, 0.2) is 85.1 Å². The second-order valence-corrected chi connectivity index (χ2v) is 9.45. The van der Waals surface area contributed by atoms with Crippen LogP contribution in [0.25, 0.3) is 0 Å². The van der Waals surface area contributed by atoms with Crippen LogP contribution in [0, 0.1) is 5.82 Å². The molecule has 0 aliphatic carbocycles. The van der Waals surface area contributed by atoms with Gasteiger partial charge in [-0.1, -0.05) is 60.1 Å². The average molecular weight is 527 g/mol. The number of hydrogen-bond donors (Lipinski definition) is 1. The predicted octanol–water partition coefficient (Wildman–Crippen LogP) is 7.10. The van der Waals surface area contributed by atoms with E-state index in [9.17, 15) is 17.6 Å². The molecule has 8 heteroatoms. The van der Waals surface area contributed by atoms with E-state index in [1.165, 1.54) is 6.20 Å². The third kappa shape index (κ3) is 5.33. The first-order valence-electron chi connectivity index (χ1n) is 11.8. The van der Waals surface area contributed by atoms with Crippen molar-refractivity contribution in [3.05, 3.63) is 129 Å². The maximum absolute atomic E-state index is 14.8. The van der Waals surface area contributed by atoms with Crippen LogP contribution >= 0.6 is 11.6 Å².